The lowest BCUT2D eigenvalue weighted by Gasteiger charge is -2.42. The molecule has 744 valence electrons. The van der Waals surface area contributed by atoms with Gasteiger partial charge in [0.15, 0.2) is 24.7 Å². The van der Waals surface area contributed by atoms with Crippen molar-refractivity contribution >= 4 is 53.4 Å². The minimum atomic E-state index is -1.47. The van der Waals surface area contributed by atoms with Gasteiger partial charge >= 0.3 is 6.09 Å². The third kappa shape index (κ3) is 49.7. The average molecular weight is 1860 g/mol. The van der Waals surface area contributed by atoms with Crippen molar-refractivity contribution in [3.05, 3.63) is 35.9 Å². The molecule has 4 rings (SSSR count). The third-order valence-electron chi connectivity index (χ3n) is 20.6. The van der Waals surface area contributed by atoms with E-state index in [1.54, 1.807) is 0 Å². The zero-order valence-electron chi connectivity index (χ0n) is 76.1. The van der Waals surface area contributed by atoms with E-state index in [4.69, 9.17) is 85.3 Å². The zero-order chi connectivity index (χ0) is 94.5. The summed E-state index contributed by atoms with van der Waals surface area (Å²) < 4.78 is 103. The monoisotopic (exact) mass is 1860 g/mol. The van der Waals surface area contributed by atoms with Crippen LogP contribution in [-0.2, 0) is 130 Å². The maximum absolute atomic E-state index is 14.1. The number of carbonyl (C=O) groups excluding carboxylic acids is 9. The second-order valence-electron chi connectivity index (χ2n) is 32.3. The maximum Gasteiger partial charge on any atom is 0.407 e. The molecule has 3 heterocycles. The smallest absolute Gasteiger partial charge is 0.407 e. The first-order valence-corrected chi connectivity index (χ1v) is 44.6. The van der Waals surface area contributed by atoms with Crippen LogP contribution in [0.5, 0.6) is 0 Å². The molecular weight excluding hydrogens is 1710 g/mol. The van der Waals surface area contributed by atoms with Crippen molar-refractivity contribution in [2.75, 3.05) is 205 Å². The number of nitrogens with one attached hydrogen (secondary N) is 9. The molecule has 15 unspecified atom stereocenters. The molecule has 0 spiro atoms. The van der Waals surface area contributed by atoms with Gasteiger partial charge in [-0.1, -0.05) is 89.6 Å². The number of alkyl carbamates (subject to hydrolysis) is 1. The van der Waals surface area contributed by atoms with Gasteiger partial charge in [0.2, 0.25) is 47.3 Å². The van der Waals surface area contributed by atoms with Gasteiger partial charge in [-0.25, -0.2) is 4.79 Å². The predicted octanol–water partition coefficient (Wildman–Crippen LogP) is -2.84. The molecule has 44 nitrogen and oxygen atoms in total. The Bertz CT molecular complexity index is 3150. The van der Waals surface area contributed by atoms with Gasteiger partial charge in [-0.3, -0.25) is 38.4 Å². The van der Waals surface area contributed by atoms with Crippen molar-refractivity contribution in [3.63, 3.8) is 0 Å². The fourth-order valence-electron chi connectivity index (χ4n) is 13.2. The van der Waals surface area contributed by atoms with Gasteiger partial charge in [0, 0.05) is 97.4 Å². The van der Waals surface area contributed by atoms with Crippen LogP contribution >= 0.6 is 0 Å². The number of ether oxygens (including phenoxy) is 18. The van der Waals surface area contributed by atoms with Gasteiger partial charge < -0.3 is 174 Å². The van der Waals surface area contributed by atoms with Gasteiger partial charge in [-0.15, -0.1) is 0 Å². The highest BCUT2D eigenvalue weighted by atomic mass is 16.7. The van der Waals surface area contributed by atoms with Gasteiger partial charge in [0.25, 0.3) is 0 Å². The van der Waals surface area contributed by atoms with Crippen LogP contribution in [0.2, 0.25) is 0 Å². The number of benzene rings is 1. The molecule has 3 aliphatic rings. The molecule has 15 atom stereocenters. The van der Waals surface area contributed by atoms with E-state index < -0.39 is 134 Å². The van der Waals surface area contributed by atoms with E-state index in [-0.39, 0.29) is 265 Å². The molecule has 0 radical (unpaired) electrons. The summed E-state index contributed by atoms with van der Waals surface area (Å²) in [5, 5.41) is 105. The Hall–Kier alpha value is -6.75. The molecule has 3 aliphatic heterocycles. The molecule has 17 N–H and O–H groups in total. The van der Waals surface area contributed by atoms with Crippen molar-refractivity contribution in [3.8, 4) is 0 Å². The lowest BCUT2D eigenvalue weighted by molar-refractivity contribution is -0.276. The summed E-state index contributed by atoms with van der Waals surface area (Å²) in [6.07, 6.45) is -7.13. The lowest BCUT2D eigenvalue weighted by atomic mass is 9.86. The standard InChI is InChI=1S/C85H149N9O35/c1-59(98)91-72-64(101)51-63(52-95)127-79(72)121-48-45-115-42-39-112-34-26-86-68(103)23-31-118-56-85(57-119-32-24-69(104)87-27-35-113-40-43-116-46-49-122-80-73(92-60(2)99)77(109)75(107)65(53-96)128-80,58-120-33-25-70(105)88-28-36-114-41-44-117-47-50-123-81-74(93-61(3)100)78(110)76(108)66(54-97)129-81)94-71(106)22-18-13-11-9-8-10-12-17-21-67(102)89-29-37-125-84(7,83(4,5)6)126-38-30-90-82(111)124-55-62-19-15-14-16-20-62/h14-16,19-20,63-66,72-81,95-97,101,107-110H,8-13,17-18,21-58H2,1-7H3,(H,86,103)(H,87,104)(H,88,105)(H,89,102)(H,90,111)(H,91,98)(H,92,99)(H,93,100)(H,94,106). The Kier molecular flexibility index (Phi) is 59.9. The van der Waals surface area contributed by atoms with E-state index in [1.165, 1.54) is 20.8 Å². The second-order valence-corrected chi connectivity index (χ2v) is 32.3. The number of aliphatic hydroxyl groups excluding tert-OH is 8. The second kappa shape index (κ2) is 67.4. The average Bonchev–Trinajstić information content (AvgIpc) is 0.806. The summed E-state index contributed by atoms with van der Waals surface area (Å²) in [7, 11) is 0. The van der Waals surface area contributed by atoms with E-state index >= 15 is 0 Å². The minimum Gasteiger partial charge on any atom is -0.445 e. The molecule has 3 fully saturated rings. The Balaban J connectivity index is 1.28. The molecule has 9 amide bonds. The van der Waals surface area contributed by atoms with E-state index in [0.29, 0.717) is 19.3 Å². The molecular formula is C85H149N9O35. The van der Waals surface area contributed by atoms with Gasteiger partial charge in [0.05, 0.1) is 184 Å². The van der Waals surface area contributed by atoms with Crippen LogP contribution in [0.3, 0.4) is 0 Å². The summed E-state index contributed by atoms with van der Waals surface area (Å²) in [4.78, 5) is 114. The number of unbranched alkanes of at least 4 members (excludes halogenated alkanes) is 7. The van der Waals surface area contributed by atoms with E-state index in [2.05, 4.69) is 47.9 Å². The highest BCUT2D eigenvalue weighted by Gasteiger charge is 2.48. The topological polar surface area (TPSA) is 590 Å². The van der Waals surface area contributed by atoms with Crippen molar-refractivity contribution in [1.29, 1.82) is 0 Å². The van der Waals surface area contributed by atoms with Crippen LogP contribution in [0, 0.1) is 5.41 Å². The normalized spacial score (nSPS) is 22.6. The summed E-state index contributed by atoms with van der Waals surface area (Å²) in [6, 6.07) is 6.29. The van der Waals surface area contributed by atoms with Crippen molar-refractivity contribution in [2.24, 2.45) is 5.41 Å². The van der Waals surface area contributed by atoms with Crippen LogP contribution in [0.4, 0.5) is 4.79 Å². The Morgan fingerprint density at radius 2 is 0.729 bits per heavy atom. The summed E-state index contributed by atoms with van der Waals surface area (Å²) in [5.41, 5.74) is -0.998. The molecule has 1 aromatic carbocycles. The number of hydrogen-bond acceptors (Lipinski definition) is 35. The van der Waals surface area contributed by atoms with Gasteiger partial charge in [-0.05, 0) is 25.3 Å². The SMILES string of the molecule is CC(=O)NC1C(O)CC(CO)OC1OCCOCCOCCNC(=O)CCOCC(COCCC(=O)NCCOCCOCCOC1OC(CO)C(O)C(O)C1NC(C)=O)(COCCC(=O)NCCOCCOCCOC1OC(CO)C(O)C(O)C1NC(C)=O)NC(=O)CCCCCCCCCCC(=O)NCCOC(C)(OCCNC(=O)OCc1ccccc1)C(C)(C)C. The first-order valence-electron chi connectivity index (χ1n) is 44.6. The lowest BCUT2D eigenvalue weighted by Crippen LogP contribution is -2.64. The van der Waals surface area contributed by atoms with Crippen molar-refractivity contribution < 1.29 is 169 Å². The minimum absolute atomic E-state index is 0.0376. The fraction of sp³-hybridized carbons (Fsp3) is 0.824. The summed E-state index contributed by atoms with van der Waals surface area (Å²) >= 11 is 0. The quantitative estimate of drug-likeness (QED) is 0.0231. The van der Waals surface area contributed by atoms with Gasteiger partial charge in [-0.2, -0.15) is 0 Å². The Morgan fingerprint density at radius 3 is 1.12 bits per heavy atom. The van der Waals surface area contributed by atoms with Crippen molar-refractivity contribution in [2.45, 2.75) is 242 Å². The largest absolute Gasteiger partial charge is 0.445 e. The van der Waals surface area contributed by atoms with Crippen LogP contribution < -0.4 is 47.9 Å². The van der Waals surface area contributed by atoms with Crippen LogP contribution in [-0.4, -0.2) is 396 Å². The number of hydrogen-bond donors (Lipinski definition) is 17. The zero-order valence-corrected chi connectivity index (χ0v) is 76.1. The predicted molar refractivity (Wildman–Crippen MR) is 457 cm³/mol. The molecule has 0 aromatic heterocycles. The van der Waals surface area contributed by atoms with E-state index in [9.17, 15) is 84.0 Å². The molecule has 0 bridgehead atoms. The third-order valence-corrected chi connectivity index (χ3v) is 20.6. The highest BCUT2D eigenvalue weighted by Crippen LogP contribution is 2.35. The Morgan fingerprint density at radius 1 is 0.380 bits per heavy atom. The molecule has 0 aliphatic carbocycles. The molecule has 129 heavy (non-hydrogen) atoms. The first-order chi connectivity index (χ1) is 61.9. The number of amides is 9. The number of rotatable bonds is 73. The summed E-state index contributed by atoms with van der Waals surface area (Å²) in [5.74, 6) is -3.99. The number of aliphatic hydroxyl groups is 8. The maximum atomic E-state index is 14.1. The highest BCUT2D eigenvalue weighted by molar-refractivity contribution is 5.78. The van der Waals surface area contributed by atoms with Gasteiger partial charge in [0.1, 0.15) is 66.9 Å². The van der Waals surface area contributed by atoms with Crippen LogP contribution in [0.25, 0.3) is 0 Å². The van der Waals surface area contributed by atoms with Crippen molar-refractivity contribution in [1.82, 2.24) is 47.9 Å². The molecule has 0 saturated carbocycles. The van der Waals surface area contributed by atoms with Crippen LogP contribution in [0.1, 0.15) is 144 Å². The molecule has 44 heteroatoms. The Labute approximate surface area is 755 Å². The molecule has 3 saturated heterocycles. The van der Waals surface area contributed by atoms with Crippen LogP contribution in [0.15, 0.2) is 30.3 Å². The molecule has 1 aromatic rings. The fourth-order valence-corrected chi connectivity index (χ4v) is 13.2. The first kappa shape index (κ1) is 115. The van der Waals surface area contributed by atoms with E-state index in [1.807, 2.05) is 58.0 Å². The summed E-state index contributed by atoms with van der Waals surface area (Å²) in [6.45, 7) is 11.8. The van der Waals surface area contributed by atoms with E-state index in [0.717, 1.165) is 44.1 Å². The number of carbonyl (C=O) groups is 9.